The lowest BCUT2D eigenvalue weighted by molar-refractivity contribution is -0.136. The molecule has 7 nitrogen and oxygen atoms in total. The van der Waals surface area contributed by atoms with Gasteiger partial charge in [0.05, 0.1) is 17.4 Å². The first-order valence-corrected chi connectivity index (χ1v) is 7.58. The van der Waals surface area contributed by atoms with Gasteiger partial charge in [-0.05, 0) is 12.8 Å². The highest BCUT2D eigenvalue weighted by atomic mass is 32.2. The molecule has 18 heavy (non-hydrogen) atoms. The number of nitrogens with one attached hydrogen (secondary N) is 2. The van der Waals surface area contributed by atoms with E-state index in [9.17, 15) is 18.0 Å². The van der Waals surface area contributed by atoms with E-state index < -0.39 is 27.1 Å². The van der Waals surface area contributed by atoms with Crippen molar-refractivity contribution < 1.29 is 23.1 Å². The number of aliphatic carboxylic acids is 1. The maximum atomic E-state index is 11.6. The number of urea groups is 1. The Kier molecular flexibility index (Phi) is 5.39. The Hall–Kier alpha value is -1.31. The predicted octanol–water partition coefficient (Wildman–Crippen LogP) is -0.272. The lowest BCUT2D eigenvalue weighted by Crippen LogP contribution is -2.44. The molecule has 1 saturated heterocycles. The zero-order valence-electron chi connectivity index (χ0n) is 10.0. The molecule has 1 rings (SSSR count). The number of carboxylic acid groups (broad SMARTS) is 1. The number of amides is 2. The van der Waals surface area contributed by atoms with Crippen molar-refractivity contribution in [3.8, 4) is 0 Å². The van der Waals surface area contributed by atoms with Crippen molar-refractivity contribution in [1.29, 1.82) is 0 Å². The van der Waals surface area contributed by atoms with E-state index in [0.717, 1.165) is 6.42 Å². The monoisotopic (exact) mass is 278 g/mol. The number of carbonyl (C=O) groups is 2. The molecule has 1 heterocycles. The number of rotatable bonds is 5. The Bertz CT molecular complexity index is 406. The van der Waals surface area contributed by atoms with E-state index in [0.29, 0.717) is 12.8 Å². The normalized spacial score (nSPS) is 22.1. The fourth-order valence-electron chi connectivity index (χ4n) is 1.80. The van der Waals surface area contributed by atoms with Crippen LogP contribution in [0.2, 0.25) is 0 Å². The van der Waals surface area contributed by atoms with Crippen LogP contribution in [0.4, 0.5) is 4.79 Å². The Balaban J connectivity index is 2.27. The summed E-state index contributed by atoms with van der Waals surface area (Å²) in [5.41, 5.74) is 0. The van der Waals surface area contributed by atoms with Gasteiger partial charge < -0.3 is 15.7 Å². The van der Waals surface area contributed by atoms with Crippen LogP contribution in [0.5, 0.6) is 0 Å². The van der Waals surface area contributed by atoms with Crippen LogP contribution in [0.15, 0.2) is 0 Å². The number of carbonyl (C=O) groups excluding carboxylic acids is 1. The van der Waals surface area contributed by atoms with Crippen LogP contribution in [-0.4, -0.2) is 49.6 Å². The van der Waals surface area contributed by atoms with Crippen LogP contribution >= 0.6 is 0 Å². The van der Waals surface area contributed by atoms with Crippen LogP contribution in [0, 0.1) is 0 Å². The van der Waals surface area contributed by atoms with E-state index in [1.807, 2.05) is 0 Å². The molecule has 2 amide bonds. The Morgan fingerprint density at radius 3 is 2.56 bits per heavy atom. The fourth-order valence-corrected chi connectivity index (χ4v) is 3.61. The van der Waals surface area contributed by atoms with E-state index in [2.05, 4.69) is 10.6 Å². The largest absolute Gasteiger partial charge is 0.481 e. The van der Waals surface area contributed by atoms with Gasteiger partial charge >= 0.3 is 12.0 Å². The second kappa shape index (κ2) is 6.58. The summed E-state index contributed by atoms with van der Waals surface area (Å²) in [5, 5.41) is 12.7. The number of carboxylic acids is 1. The van der Waals surface area contributed by atoms with Crippen LogP contribution in [-0.2, 0) is 14.6 Å². The lowest BCUT2D eigenvalue weighted by Gasteiger charge is -2.22. The van der Waals surface area contributed by atoms with Gasteiger partial charge in [0, 0.05) is 13.1 Å². The molecule has 0 aromatic carbocycles. The molecule has 104 valence electrons. The van der Waals surface area contributed by atoms with Crippen molar-refractivity contribution >= 4 is 21.8 Å². The van der Waals surface area contributed by atoms with Crippen LogP contribution in [0.3, 0.4) is 0 Å². The Morgan fingerprint density at radius 2 is 1.94 bits per heavy atom. The molecule has 1 aliphatic heterocycles. The molecule has 1 fully saturated rings. The maximum Gasteiger partial charge on any atom is 0.314 e. The van der Waals surface area contributed by atoms with Crippen molar-refractivity contribution in [3.63, 3.8) is 0 Å². The van der Waals surface area contributed by atoms with Gasteiger partial charge in [-0.3, -0.25) is 4.79 Å². The number of hydrogen-bond acceptors (Lipinski definition) is 4. The average Bonchev–Trinajstić information content (AvgIpc) is 2.26. The summed E-state index contributed by atoms with van der Waals surface area (Å²) >= 11 is 0. The first-order chi connectivity index (χ1) is 8.42. The summed E-state index contributed by atoms with van der Waals surface area (Å²) < 4.78 is 23.3. The quantitative estimate of drug-likeness (QED) is 0.640. The molecule has 0 bridgehead atoms. The van der Waals surface area contributed by atoms with Crippen molar-refractivity contribution in [3.05, 3.63) is 0 Å². The predicted molar refractivity (Wildman–Crippen MR) is 65.1 cm³/mol. The smallest absolute Gasteiger partial charge is 0.314 e. The minimum atomic E-state index is -3.09. The van der Waals surface area contributed by atoms with Crippen molar-refractivity contribution in [2.24, 2.45) is 0 Å². The van der Waals surface area contributed by atoms with Gasteiger partial charge in [0.1, 0.15) is 0 Å². The molecular weight excluding hydrogens is 260 g/mol. The topological polar surface area (TPSA) is 113 Å². The Morgan fingerprint density at radius 1 is 1.22 bits per heavy atom. The van der Waals surface area contributed by atoms with Crippen LogP contribution in [0.25, 0.3) is 0 Å². The van der Waals surface area contributed by atoms with E-state index >= 15 is 0 Å². The second-order valence-electron chi connectivity index (χ2n) is 4.27. The van der Waals surface area contributed by atoms with Crippen LogP contribution < -0.4 is 10.6 Å². The second-order valence-corrected chi connectivity index (χ2v) is 6.67. The minimum absolute atomic E-state index is 0.0264. The zero-order valence-corrected chi connectivity index (χ0v) is 10.8. The van der Waals surface area contributed by atoms with Gasteiger partial charge in [0.15, 0.2) is 9.84 Å². The first kappa shape index (κ1) is 14.7. The summed E-state index contributed by atoms with van der Waals surface area (Å²) in [7, 11) is -3.09. The van der Waals surface area contributed by atoms with Gasteiger partial charge in [0.25, 0.3) is 0 Å². The zero-order chi connectivity index (χ0) is 13.6. The summed E-state index contributed by atoms with van der Waals surface area (Å²) in [4.78, 5) is 21.5. The molecule has 0 aromatic heterocycles. The summed E-state index contributed by atoms with van der Waals surface area (Å²) in [5.74, 6) is -0.815. The van der Waals surface area contributed by atoms with E-state index in [4.69, 9.17) is 5.11 Å². The minimum Gasteiger partial charge on any atom is -0.481 e. The third-order valence-electron chi connectivity index (χ3n) is 2.83. The van der Waals surface area contributed by atoms with Crippen molar-refractivity contribution in [1.82, 2.24) is 10.6 Å². The molecule has 0 spiro atoms. The molecule has 0 radical (unpaired) electrons. The number of hydrogen-bond donors (Lipinski definition) is 3. The SMILES string of the molecule is O=C(O)CCNC(=O)NCC1CCCCS1(=O)=O. The molecular formula is C10H18N2O5S. The first-order valence-electron chi connectivity index (χ1n) is 5.87. The van der Waals surface area contributed by atoms with E-state index in [1.54, 1.807) is 0 Å². The average molecular weight is 278 g/mol. The molecule has 3 N–H and O–H groups in total. The highest BCUT2D eigenvalue weighted by molar-refractivity contribution is 7.92. The molecule has 8 heteroatoms. The molecule has 0 aromatic rings. The number of sulfone groups is 1. The summed E-state index contributed by atoms with van der Waals surface area (Å²) in [6, 6.07) is -0.531. The summed E-state index contributed by atoms with van der Waals surface area (Å²) in [6.07, 6.45) is 1.95. The molecule has 0 saturated carbocycles. The Labute approximate surface area is 106 Å². The lowest BCUT2D eigenvalue weighted by atomic mass is 10.2. The molecule has 1 unspecified atom stereocenters. The standard InChI is InChI=1S/C10H18N2O5S/c13-9(14)4-5-11-10(15)12-7-8-3-1-2-6-18(8,16)17/h8H,1-7H2,(H,13,14)(H2,11,12,15). The molecule has 1 aliphatic rings. The highest BCUT2D eigenvalue weighted by Gasteiger charge is 2.28. The maximum absolute atomic E-state index is 11.6. The van der Waals surface area contributed by atoms with Gasteiger partial charge in [0.2, 0.25) is 0 Å². The van der Waals surface area contributed by atoms with Gasteiger partial charge in [-0.1, -0.05) is 6.42 Å². The summed E-state index contributed by atoms with van der Waals surface area (Å²) in [6.45, 7) is 0.111. The van der Waals surface area contributed by atoms with Crippen molar-refractivity contribution in [2.75, 3.05) is 18.8 Å². The van der Waals surface area contributed by atoms with E-state index in [-0.39, 0.29) is 25.3 Å². The fraction of sp³-hybridized carbons (Fsp3) is 0.800. The van der Waals surface area contributed by atoms with Crippen LogP contribution in [0.1, 0.15) is 25.7 Å². The van der Waals surface area contributed by atoms with Crippen molar-refractivity contribution in [2.45, 2.75) is 30.9 Å². The molecule has 1 atom stereocenters. The van der Waals surface area contributed by atoms with Gasteiger partial charge in [-0.15, -0.1) is 0 Å². The van der Waals surface area contributed by atoms with E-state index in [1.165, 1.54) is 0 Å². The van der Waals surface area contributed by atoms with Gasteiger partial charge in [-0.2, -0.15) is 0 Å². The third kappa shape index (κ3) is 4.91. The highest BCUT2D eigenvalue weighted by Crippen LogP contribution is 2.18. The van der Waals surface area contributed by atoms with Gasteiger partial charge in [-0.25, -0.2) is 13.2 Å². The molecule has 0 aliphatic carbocycles. The third-order valence-corrected chi connectivity index (χ3v) is 5.10.